The second kappa shape index (κ2) is 7.17. The predicted octanol–water partition coefficient (Wildman–Crippen LogP) is 3.31. The lowest BCUT2D eigenvalue weighted by Crippen LogP contribution is -2.06. The van der Waals surface area contributed by atoms with Crippen LogP contribution in [0.5, 0.6) is 5.75 Å². The quantitative estimate of drug-likeness (QED) is 0.550. The van der Waals surface area contributed by atoms with Gasteiger partial charge in [-0.1, -0.05) is 6.07 Å². The summed E-state index contributed by atoms with van der Waals surface area (Å²) in [5.74, 6) is 0.825. The lowest BCUT2D eigenvalue weighted by atomic mass is 9.99. The first kappa shape index (κ1) is 14.7. The van der Waals surface area contributed by atoms with E-state index in [9.17, 15) is 4.79 Å². The summed E-state index contributed by atoms with van der Waals surface area (Å²) in [6.07, 6.45) is 1.25. The molecule has 0 aromatic heterocycles. The summed E-state index contributed by atoms with van der Waals surface area (Å²) < 4.78 is 10.6. The van der Waals surface area contributed by atoms with Crippen molar-refractivity contribution in [3.63, 3.8) is 0 Å². The van der Waals surface area contributed by atoms with Gasteiger partial charge >= 0.3 is 0 Å². The molecule has 0 aliphatic rings. The lowest BCUT2D eigenvalue weighted by Gasteiger charge is -2.12. The number of hydrogen-bond donors (Lipinski definition) is 0. The fourth-order valence-corrected chi connectivity index (χ4v) is 1.89. The van der Waals surface area contributed by atoms with E-state index >= 15 is 0 Å². The van der Waals surface area contributed by atoms with Gasteiger partial charge in [-0.05, 0) is 44.4 Å². The largest absolute Gasteiger partial charge is 0.496 e. The highest BCUT2D eigenvalue weighted by Crippen LogP contribution is 2.27. The van der Waals surface area contributed by atoms with Crippen molar-refractivity contribution in [1.82, 2.24) is 0 Å². The van der Waals surface area contributed by atoms with E-state index < -0.39 is 0 Å². The van der Waals surface area contributed by atoms with Gasteiger partial charge in [-0.25, -0.2) is 0 Å². The van der Waals surface area contributed by atoms with E-state index in [0.717, 1.165) is 17.5 Å². The van der Waals surface area contributed by atoms with Crippen molar-refractivity contribution in [1.29, 1.82) is 0 Å². The van der Waals surface area contributed by atoms with Crippen LogP contribution in [0.2, 0.25) is 0 Å². The molecule has 18 heavy (non-hydrogen) atoms. The van der Waals surface area contributed by atoms with Crippen LogP contribution >= 0.6 is 0 Å². The smallest absolute Gasteiger partial charge is 0.166 e. The lowest BCUT2D eigenvalue weighted by molar-refractivity contribution is 0.0944. The van der Waals surface area contributed by atoms with E-state index in [4.69, 9.17) is 9.47 Å². The zero-order valence-electron chi connectivity index (χ0n) is 11.7. The number of benzene rings is 1. The monoisotopic (exact) mass is 250 g/mol. The SMILES string of the molecule is CCOCCCC(=O)c1ccc(C)c(C)c1OC. The minimum absolute atomic E-state index is 0.120. The molecule has 0 spiro atoms. The highest BCUT2D eigenvalue weighted by Gasteiger charge is 2.14. The fourth-order valence-electron chi connectivity index (χ4n) is 1.89. The Bertz CT molecular complexity index is 410. The van der Waals surface area contributed by atoms with E-state index in [2.05, 4.69) is 0 Å². The molecule has 0 amide bonds. The number of ether oxygens (including phenoxy) is 2. The molecule has 0 bridgehead atoms. The van der Waals surface area contributed by atoms with E-state index in [1.165, 1.54) is 0 Å². The van der Waals surface area contributed by atoms with Gasteiger partial charge in [0.05, 0.1) is 12.7 Å². The number of Topliss-reactive ketones (excluding diaryl/α,β-unsaturated/α-hetero) is 1. The second-order valence-corrected chi connectivity index (χ2v) is 4.31. The first-order valence-corrected chi connectivity index (χ1v) is 6.37. The van der Waals surface area contributed by atoms with Crippen molar-refractivity contribution in [2.45, 2.75) is 33.6 Å². The van der Waals surface area contributed by atoms with Crippen molar-refractivity contribution in [2.24, 2.45) is 0 Å². The van der Waals surface area contributed by atoms with Crippen LogP contribution in [-0.4, -0.2) is 26.1 Å². The van der Waals surface area contributed by atoms with Crippen LogP contribution in [0.3, 0.4) is 0 Å². The van der Waals surface area contributed by atoms with E-state index in [1.54, 1.807) is 7.11 Å². The maximum absolute atomic E-state index is 12.1. The molecule has 0 atom stereocenters. The first-order chi connectivity index (χ1) is 8.61. The van der Waals surface area contributed by atoms with Crippen LogP contribution in [-0.2, 0) is 4.74 Å². The molecule has 0 aliphatic carbocycles. The summed E-state index contributed by atoms with van der Waals surface area (Å²) >= 11 is 0. The molecule has 0 saturated carbocycles. The molecule has 0 N–H and O–H groups in total. The first-order valence-electron chi connectivity index (χ1n) is 6.37. The van der Waals surface area contributed by atoms with Gasteiger partial charge in [0.15, 0.2) is 5.78 Å². The molecule has 1 aromatic carbocycles. The Morgan fingerprint density at radius 2 is 2.00 bits per heavy atom. The van der Waals surface area contributed by atoms with Gasteiger partial charge < -0.3 is 9.47 Å². The average Bonchev–Trinajstić information content (AvgIpc) is 2.37. The summed E-state index contributed by atoms with van der Waals surface area (Å²) in [7, 11) is 1.61. The van der Waals surface area contributed by atoms with Crippen LogP contribution < -0.4 is 4.74 Å². The highest BCUT2D eigenvalue weighted by atomic mass is 16.5. The summed E-state index contributed by atoms with van der Waals surface area (Å²) in [5.41, 5.74) is 2.85. The van der Waals surface area contributed by atoms with Gasteiger partial charge in [0.2, 0.25) is 0 Å². The number of hydrogen-bond acceptors (Lipinski definition) is 3. The zero-order valence-corrected chi connectivity index (χ0v) is 11.7. The summed E-state index contributed by atoms with van der Waals surface area (Å²) in [4.78, 5) is 12.1. The average molecular weight is 250 g/mol. The normalized spacial score (nSPS) is 10.4. The summed E-state index contributed by atoms with van der Waals surface area (Å²) in [6.45, 7) is 7.27. The Morgan fingerprint density at radius 1 is 1.28 bits per heavy atom. The number of rotatable bonds is 7. The number of carbonyl (C=O) groups is 1. The molecule has 0 saturated heterocycles. The number of methoxy groups -OCH3 is 1. The molecule has 0 radical (unpaired) electrons. The van der Waals surface area contributed by atoms with Gasteiger partial charge in [0.25, 0.3) is 0 Å². The molecule has 0 heterocycles. The molecule has 0 aliphatic heterocycles. The molecular formula is C15H22O3. The van der Waals surface area contributed by atoms with Crippen molar-refractivity contribution >= 4 is 5.78 Å². The highest BCUT2D eigenvalue weighted by molar-refractivity contribution is 5.99. The van der Waals surface area contributed by atoms with Crippen LogP contribution in [0.25, 0.3) is 0 Å². The van der Waals surface area contributed by atoms with Gasteiger partial charge in [0, 0.05) is 19.6 Å². The van der Waals surface area contributed by atoms with Crippen LogP contribution in [0.15, 0.2) is 12.1 Å². The molecule has 0 unspecified atom stereocenters. The molecule has 1 rings (SSSR count). The van der Waals surface area contributed by atoms with Gasteiger partial charge in [-0.3, -0.25) is 4.79 Å². The summed E-state index contributed by atoms with van der Waals surface area (Å²) in [5, 5.41) is 0. The van der Waals surface area contributed by atoms with Gasteiger partial charge in [0.1, 0.15) is 5.75 Å². The molecule has 3 nitrogen and oxygen atoms in total. The Labute approximate surface area is 109 Å². The Kier molecular flexibility index (Phi) is 5.86. The minimum atomic E-state index is 0.120. The standard InChI is InChI=1S/C15H22O3/c1-5-18-10-6-7-14(16)13-9-8-11(2)12(3)15(13)17-4/h8-9H,5-7,10H2,1-4H3. The topological polar surface area (TPSA) is 35.5 Å². The third-order valence-electron chi connectivity index (χ3n) is 3.08. The van der Waals surface area contributed by atoms with Crippen LogP contribution in [0.1, 0.15) is 41.3 Å². The van der Waals surface area contributed by atoms with E-state index in [0.29, 0.717) is 30.9 Å². The second-order valence-electron chi connectivity index (χ2n) is 4.31. The van der Waals surface area contributed by atoms with Crippen molar-refractivity contribution in [3.8, 4) is 5.75 Å². The van der Waals surface area contributed by atoms with E-state index in [-0.39, 0.29) is 5.78 Å². The minimum Gasteiger partial charge on any atom is -0.496 e. The molecule has 1 aromatic rings. The maximum Gasteiger partial charge on any atom is 0.166 e. The molecule has 3 heteroatoms. The predicted molar refractivity (Wildman–Crippen MR) is 72.5 cm³/mol. The fraction of sp³-hybridized carbons (Fsp3) is 0.533. The van der Waals surface area contributed by atoms with Crippen LogP contribution in [0.4, 0.5) is 0 Å². The van der Waals surface area contributed by atoms with Gasteiger partial charge in [-0.2, -0.15) is 0 Å². The van der Waals surface area contributed by atoms with Crippen molar-refractivity contribution in [2.75, 3.05) is 20.3 Å². The Balaban J connectivity index is 2.76. The Hall–Kier alpha value is -1.35. The third-order valence-corrected chi connectivity index (χ3v) is 3.08. The number of carbonyl (C=O) groups excluding carboxylic acids is 1. The van der Waals surface area contributed by atoms with E-state index in [1.807, 2.05) is 32.9 Å². The maximum atomic E-state index is 12.1. The van der Waals surface area contributed by atoms with Crippen molar-refractivity contribution < 1.29 is 14.3 Å². The molecule has 0 fully saturated rings. The van der Waals surface area contributed by atoms with Gasteiger partial charge in [-0.15, -0.1) is 0 Å². The third kappa shape index (κ3) is 3.57. The Morgan fingerprint density at radius 3 is 2.61 bits per heavy atom. The van der Waals surface area contributed by atoms with Crippen LogP contribution in [0, 0.1) is 13.8 Å². The number of aryl methyl sites for hydroxylation is 1. The number of ketones is 1. The van der Waals surface area contributed by atoms with Crippen molar-refractivity contribution in [3.05, 3.63) is 28.8 Å². The zero-order chi connectivity index (χ0) is 13.5. The molecular weight excluding hydrogens is 228 g/mol. The summed E-state index contributed by atoms with van der Waals surface area (Å²) in [6, 6.07) is 3.82. The molecule has 100 valence electrons.